The molecule has 0 bridgehead atoms. The second-order valence-electron chi connectivity index (χ2n) is 5.31. The Labute approximate surface area is 108 Å². The Bertz CT molecular complexity index is 176. The molecule has 0 aliphatic carbocycles. The number of piperidine rings is 1. The average molecular weight is 241 g/mol. The van der Waals surface area contributed by atoms with Gasteiger partial charge in [0, 0.05) is 6.04 Å². The summed E-state index contributed by atoms with van der Waals surface area (Å²) in [5.74, 6) is 0. The van der Waals surface area contributed by atoms with E-state index in [0.717, 1.165) is 6.04 Å². The summed E-state index contributed by atoms with van der Waals surface area (Å²) in [4.78, 5) is 5.16. The lowest BCUT2D eigenvalue weighted by atomic mass is 10.0. The van der Waals surface area contributed by atoms with Crippen LogP contribution < -0.4 is 5.32 Å². The van der Waals surface area contributed by atoms with Gasteiger partial charge in [-0.1, -0.05) is 13.3 Å². The highest BCUT2D eigenvalue weighted by Crippen LogP contribution is 2.15. The van der Waals surface area contributed by atoms with Crippen LogP contribution in [0, 0.1) is 0 Å². The van der Waals surface area contributed by atoms with E-state index >= 15 is 0 Å². The zero-order valence-electron chi connectivity index (χ0n) is 12.0. The molecule has 0 amide bonds. The van der Waals surface area contributed by atoms with E-state index in [-0.39, 0.29) is 0 Å². The van der Waals surface area contributed by atoms with E-state index in [4.69, 9.17) is 0 Å². The third kappa shape index (κ3) is 5.84. The van der Waals surface area contributed by atoms with Crippen LogP contribution in [0.1, 0.15) is 39.0 Å². The van der Waals surface area contributed by atoms with Crippen molar-refractivity contribution < 1.29 is 0 Å². The van der Waals surface area contributed by atoms with E-state index in [0.29, 0.717) is 0 Å². The zero-order valence-corrected chi connectivity index (χ0v) is 12.0. The standard InChI is InChI=1S/C14H31N3/c1-4-17-12-8-14(9-13-17)16(3)11-7-5-6-10-15-2/h14-15H,4-13H2,1-3H3. The van der Waals surface area contributed by atoms with Crippen LogP contribution in [0.5, 0.6) is 0 Å². The molecule has 0 unspecified atom stereocenters. The van der Waals surface area contributed by atoms with Crippen molar-refractivity contribution in [2.45, 2.75) is 45.1 Å². The molecule has 0 aromatic heterocycles. The minimum absolute atomic E-state index is 0.835. The van der Waals surface area contributed by atoms with Gasteiger partial charge in [-0.15, -0.1) is 0 Å². The summed E-state index contributed by atoms with van der Waals surface area (Å²) in [6.45, 7) is 8.53. The van der Waals surface area contributed by atoms with Gasteiger partial charge >= 0.3 is 0 Å². The average Bonchev–Trinajstić information content (AvgIpc) is 2.38. The predicted octanol–water partition coefficient (Wildman–Crippen LogP) is 1.79. The molecule has 1 N–H and O–H groups in total. The molecule has 1 heterocycles. The molecule has 1 rings (SSSR count). The highest BCUT2D eigenvalue weighted by molar-refractivity contribution is 4.77. The fraction of sp³-hybridized carbons (Fsp3) is 1.00. The first-order valence-corrected chi connectivity index (χ1v) is 7.35. The second-order valence-corrected chi connectivity index (χ2v) is 5.31. The quantitative estimate of drug-likeness (QED) is 0.654. The highest BCUT2D eigenvalue weighted by atomic mass is 15.2. The van der Waals surface area contributed by atoms with Gasteiger partial charge in [-0.05, 0) is 72.5 Å². The molecule has 1 saturated heterocycles. The maximum absolute atomic E-state index is 3.21. The van der Waals surface area contributed by atoms with E-state index < -0.39 is 0 Å². The van der Waals surface area contributed by atoms with Crippen molar-refractivity contribution in [3.8, 4) is 0 Å². The third-order valence-corrected chi connectivity index (χ3v) is 4.07. The summed E-state index contributed by atoms with van der Waals surface area (Å²) >= 11 is 0. The molecular weight excluding hydrogens is 210 g/mol. The number of hydrogen-bond donors (Lipinski definition) is 1. The van der Waals surface area contributed by atoms with Crippen molar-refractivity contribution in [1.29, 1.82) is 0 Å². The van der Waals surface area contributed by atoms with Gasteiger partial charge in [0.2, 0.25) is 0 Å². The molecule has 1 fully saturated rings. The molecular formula is C14H31N3. The van der Waals surface area contributed by atoms with Gasteiger partial charge in [0.05, 0.1) is 0 Å². The molecule has 0 aromatic carbocycles. The van der Waals surface area contributed by atoms with Gasteiger partial charge < -0.3 is 15.1 Å². The first kappa shape index (κ1) is 14.9. The number of rotatable bonds is 8. The molecule has 0 aromatic rings. The van der Waals surface area contributed by atoms with Crippen molar-refractivity contribution in [1.82, 2.24) is 15.1 Å². The first-order valence-electron chi connectivity index (χ1n) is 7.35. The van der Waals surface area contributed by atoms with Gasteiger partial charge in [-0.3, -0.25) is 0 Å². The maximum atomic E-state index is 3.21. The highest BCUT2D eigenvalue weighted by Gasteiger charge is 2.20. The zero-order chi connectivity index (χ0) is 12.5. The number of nitrogens with zero attached hydrogens (tertiary/aromatic N) is 2. The Balaban J connectivity index is 2.05. The van der Waals surface area contributed by atoms with Crippen LogP contribution in [0.3, 0.4) is 0 Å². The Hall–Kier alpha value is -0.120. The fourth-order valence-corrected chi connectivity index (χ4v) is 2.70. The van der Waals surface area contributed by atoms with Crippen molar-refractivity contribution in [3.05, 3.63) is 0 Å². The second kappa shape index (κ2) is 8.90. The van der Waals surface area contributed by atoms with Gasteiger partial charge in [-0.2, -0.15) is 0 Å². The SMILES string of the molecule is CCN1CCC(N(C)CCCCCNC)CC1. The van der Waals surface area contributed by atoms with Crippen LogP contribution in [-0.4, -0.2) is 62.7 Å². The summed E-state index contributed by atoms with van der Waals surface area (Å²) in [6, 6.07) is 0.835. The van der Waals surface area contributed by atoms with E-state index in [1.54, 1.807) is 0 Å². The Morgan fingerprint density at radius 2 is 1.88 bits per heavy atom. The molecule has 3 nitrogen and oxygen atoms in total. The number of likely N-dealkylation sites (tertiary alicyclic amines) is 1. The molecule has 0 saturated carbocycles. The number of nitrogens with one attached hydrogen (secondary N) is 1. The van der Waals surface area contributed by atoms with Gasteiger partial charge in [0.25, 0.3) is 0 Å². The summed E-state index contributed by atoms with van der Waals surface area (Å²) < 4.78 is 0. The van der Waals surface area contributed by atoms with Crippen LogP contribution in [0.15, 0.2) is 0 Å². The molecule has 0 spiro atoms. The third-order valence-electron chi connectivity index (χ3n) is 4.07. The van der Waals surface area contributed by atoms with Crippen molar-refractivity contribution in [2.75, 3.05) is 46.8 Å². The van der Waals surface area contributed by atoms with E-state index in [2.05, 4.69) is 29.1 Å². The molecule has 1 aliphatic rings. The van der Waals surface area contributed by atoms with Crippen molar-refractivity contribution in [2.24, 2.45) is 0 Å². The minimum atomic E-state index is 0.835. The van der Waals surface area contributed by atoms with Gasteiger partial charge in [0.1, 0.15) is 0 Å². The van der Waals surface area contributed by atoms with Crippen molar-refractivity contribution >= 4 is 0 Å². The number of hydrogen-bond acceptors (Lipinski definition) is 3. The molecule has 0 atom stereocenters. The van der Waals surface area contributed by atoms with E-state index in [1.165, 1.54) is 64.8 Å². The van der Waals surface area contributed by atoms with Gasteiger partial charge in [-0.25, -0.2) is 0 Å². The lowest BCUT2D eigenvalue weighted by Gasteiger charge is -2.36. The van der Waals surface area contributed by atoms with Crippen LogP contribution >= 0.6 is 0 Å². The van der Waals surface area contributed by atoms with E-state index in [9.17, 15) is 0 Å². The summed E-state index contributed by atoms with van der Waals surface area (Å²) in [5.41, 5.74) is 0. The molecule has 1 aliphatic heterocycles. The summed E-state index contributed by atoms with van der Waals surface area (Å²) in [7, 11) is 4.35. The normalized spacial score (nSPS) is 19.1. The molecule has 102 valence electrons. The summed E-state index contributed by atoms with van der Waals surface area (Å²) in [6.07, 6.45) is 6.76. The van der Waals surface area contributed by atoms with Crippen LogP contribution in [0.4, 0.5) is 0 Å². The predicted molar refractivity (Wildman–Crippen MR) is 75.5 cm³/mol. The maximum Gasteiger partial charge on any atom is 0.0117 e. The topological polar surface area (TPSA) is 18.5 Å². The molecule has 17 heavy (non-hydrogen) atoms. The molecule has 3 heteroatoms. The largest absolute Gasteiger partial charge is 0.320 e. The number of unbranched alkanes of at least 4 members (excludes halogenated alkanes) is 2. The lowest BCUT2D eigenvalue weighted by molar-refractivity contribution is 0.130. The molecule has 0 radical (unpaired) electrons. The van der Waals surface area contributed by atoms with Crippen LogP contribution in [0.2, 0.25) is 0 Å². The van der Waals surface area contributed by atoms with Gasteiger partial charge in [0.15, 0.2) is 0 Å². The Morgan fingerprint density at radius 1 is 1.18 bits per heavy atom. The smallest absolute Gasteiger partial charge is 0.0117 e. The minimum Gasteiger partial charge on any atom is -0.320 e. The van der Waals surface area contributed by atoms with E-state index in [1.807, 2.05) is 7.05 Å². The summed E-state index contributed by atoms with van der Waals surface area (Å²) in [5, 5.41) is 3.21. The fourth-order valence-electron chi connectivity index (χ4n) is 2.70. The Kier molecular flexibility index (Phi) is 7.82. The van der Waals surface area contributed by atoms with Crippen LogP contribution in [0.25, 0.3) is 0 Å². The monoisotopic (exact) mass is 241 g/mol. The van der Waals surface area contributed by atoms with Crippen LogP contribution in [-0.2, 0) is 0 Å². The lowest BCUT2D eigenvalue weighted by Crippen LogP contribution is -2.43. The first-order chi connectivity index (χ1) is 8.27. The van der Waals surface area contributed by atoms with Crippen molar-refractivity contribution in [3.63, 3.8) is 0 Å². The Morgan fingerprint density at radius 3 is 2.47 bits per heavy atom.